The van der Waals surface area contributed by atoms with Crippen molar-refractivity contribution in [3.63, 3.8) is 0 Å². The maximum absolute atomic E-state index is 11.8. The van der Waals surface area contributed by atoms with E-state index in [0.717, 1.165) is 24.1 Å². The van der Waals surface area contributed by atoms with Crippen LogP contribution in [-0.2, 0) is 17.9 Å². The molecule has 0 aliphatic heterocycles. The highest BCUT2D eigenvalue weighted by Crippen LogP contribution is 2.07. The van der Waals surface area contributed by atoms with Crippen LogP contribution in [-0.4, -0.2) is 24.9 Å². The molecule has 1 rings (SSSR count). The second kappa shape index (κ2) is 7.74. The molecule has 0 heterocycles. The number of allylic oxidation sites excluding steroid dienone is 1. The van der Waals surface area contributed by atoms with Crippen molar-refractivity contribution < 1.29 is 4.79 Å². The Hall–Kier alpha value is -1.61. The highest BCUT2D eigenvalue weighted by molar-refractivity contribution is 5.92. The SMILES string of the molecule is CC/C=C(\C)C(=O)NCc1cccc(CN(C)C)c1. The molecule has 19 heavy (non-hydrogen) atoms. The van der Waals surface area contributed by atoms with E-state index in [2.05, 4.69) is 22.3 Å². The number of carbonyl (C=O) groups excluding carboxylic acids is 1. The highest BCUT2D eigenvalue weighted by Gasteiger charge is 2.03. The van der Waals surface area contributed by atoms with Crippen LogP contribution < -0.4 is 5.32 Å². The van der Waals surface area contributed by atoms with Gasteiger partial charge in [-0.1, -0.05) is 37.3 Å². The van der Waals surface area contributed by atoms with Crippen molar-refractivity contribution >= 4 is 5.91 Å². The van der Waals surface area contributed by atoms with Gasteiger partial charge in [-0.15, -0.1) is 0 Å². The van der Waals surface area contributed by atoms with Crippen LogP contribution in [0, 0.1) is 0 Å². The van der Waals surface area contributed by atoms with E-state index >= 15 is 0 Å². The first kappa shape index (κ1) is 15.4. The predicted octanol–water partition coefficient (Wildman–Crippen LogP) is 2.72. The summed E-state index contributed by atoms with van der Waals surface area (Å²) < 4.78 is 0. The lowest BCUT2D eigenvalue weighted by Crippen LogP contribution is -2.23. The molecule has 0 atom stereocenters. The summed E-state index contributed by atoms with van der Waals surface area (Å²) in [4.78, 5) is 13.9. The van der Waals surface area contributed by atoms with Crippen molar-refractivity contribution in [3.8, 4) is 0 Å². The van der Waals surface area contributed by atoms with Gasteiger partial charge in [0.15, 0.2) is 0 Å². The monoisotopic (exact) mass is 260 g/mol. The fourth-order valence-corrected chi connectivity index (χ4v) is 1.92. The molecular weight excluding hydrogens is 236 g/mol. The molecule has 0 fully saturated rings. The van der Waals surface area contributed by atoms with E-state index in [1.165, 1.54) is 5.56 Å². The van der Waals surface area contributed by atoms with Crippen molar-refractivity contribution in [2.75, 3.05) is 14.1 Å². The van der Waals surface area contributed by atoms with Crippen LogP contribution in [0.2, 0.25) is 0 Å². The molecule has 104 valence electrons. The van der Waals surface area contributed by atoms with Crippen LogP contribution in [0.1, 0.15) is 31.4 Å². The Morgan fingerprint density at radius 1 is 1.32 bits per heavy atom. The normalized spacial score (nSPS) is 11.7. The van der Waals surface area contributed by atoms with Gasteiger partial charge in [0, 0.05) is 18.7 Å². The lowest BCUT2D eigenvalue weighted by Gasteiger charge is -2.11. The maximum Gasteiger partial charge on any atom is 0.246 e. The summed E-state index contributed by atoms with van der Waals surface area (Å²) in [5, 5.41) is 2.94. The van der Waals surface area contributed by atoms with E-state index in [0.29, 0.717) is 6.54 Å². The molecule has 0 radical (unpaired) electrons. The van der Waals surface area contributed by atoms with Gasteiger partial charge in [-0.2, -0.15) is 0 Å². The first-order valence-electron chi connectivity index (χ1n) is 6.70. The van der Waals surface area contributed by atoms with E-state index in [1.54, 1.807) is 0 Å². The Morgan fingerprint density at radius 3 is 2.63 bits per heavy atom. The summed E-state index contributed by atoms with van der Waals surface area (Å²) in [7, 11) is 4.10. The number of rotatable bonds is 6. The van der Waals surface area contributed by atoms with Gasteiger partial charge in [0.05, 0.1) is 0 Å². The van der Waals surface area contributed by atoms with Gasteiger partial charge in [-0.25, -0.2) is 0 Å². The van der Waals surface area contributed by atoms with Crippen LogP contribution in [0.15, 0.2) is 35.9 Å². The van der Waals surface area contributed by atoms with Crippen molar-refractivity contribution in [2.45, 2.75) is 33.4 Å². The Balaban J connectivity index is 2.58. The van der Waals surface area contributed by atoms with Crippen LogP contribution in [0.3, 0.4) is 0 Å². The van der Waals surface area contributed by atoms with Crippen molar-refractivity contribution in [1.29, 1.82) is 0 Å². The molecule has 3 nitrogen and oxygen atoms in total. The number of benzene rings is 1. The predicted molar refractivity (Wildman–Crippen MR) is 79.7 cm³/mol. The van der Waals surface area contributed by atoms with Gasteiger partial charge in [0.1, 0.15) is 0 Å². The zero-order valence-electron chi connectivity index (χ0n) is 12.4. The first-order valence-corrected chi connectivity index (χ1v) is 6.70. The summed E-state index contributed by atoms with van der Waals surface area (Å²) in [6.45, 7) is 5.37. The van der Waals surface area contributed by atoms with Gasteiger partial charge in [-0.05, 0) is 38.6 Å². The van der Waals surface area contributed by atoms with Crippen LogP contribution in [0.5, 0.6) is 0 Å². The largest absolute Gasteiger partial charge is 0.348 e. The van der Waals surface area contributed by atoms with Crippen molar-refractivity contribution in [1.82, 2.24) is 10.2 Å². The average Bonchev–Trinajstić information content (AvgIpc) is 2.36. The van der Waals surface area contributed by atoms with Crippen molar-refractivity contribution in [2.24, 2.45) is 0 Å². The average molecular weight is 260 g/mol. The highest BCUT2D eigenvalue weighted by atomic mass is 16.1. The molecule has 0 aliphatic carbocycles. The van der Waals surface area contributed by atoms with Gasteiger partial charge in [-0.3, -0.25) is 4.79 Å². The number of nitrogens with zero attached hydrogens (tertiary/aromatic N) is 1. The molecule has 1 amide bonds. The Bertz CT molecular complexity index is 450. The fourth-order valence-electron chi connectivity index (χ4n) is 1.92. The van der Waals surface area contributed by atoms with E-state index in [4.69, 9.17) is 0 Å². The summed E-state index contributed by atoms with van der Waals surface area (Å²) in [5.74, 6) is 0.0138. The van der Waals surface area contributed by atoms with Gasteiger partial charge in [0.25, 0.3) is 0 Å². The quantitative estimate of drug-likeness (QED) is 0.798. The van der Waals surface area contributed by atoms with Crippen molar-refractivity contribution in [3.05, 3.63) is 47.0 Å². The zero-order valence-corrected chi connectivity index (χ0v) is 12.4. The molecular formula is C16H24N2O. The van der Waals surface area contributed by atoms with Gasteiger partial charge >= 0.3 is 0 Å². The molecule has 0 spiro atoms. The molecule has 0 saturated carbocycles. The van der Waals surface area contributed by atoms with Gasteiger partial charge < -0.3 is 10.2 Å². The third kappa shape index (κ3) is 5.71. The molecule has 0 bridgehead atoms. The molecule has 1 N–H and O–H groups in total. The molecule has 0 unspecified atom stereocenters. The fraction of sp³-hybridized carbons (Fsp3) is 0.438. The third-order valence-electron chi connectivity index (χ3n) is 2.81. The zero-order chi connectivity index (χ0) is 14.3. The van der Waals surface area contributed by atoms with Crippen LogP contribution >= 0.6 is 0 Å². The number of hydrogen-bond acceptors (Lipinski definition) is 2. The lowest BCUT2D eigenvalue weighted by molar-refractivity contribution is -0.117. The van der Waals surface area contributed by atoms with E-state index in [9.17, 15) is 4.79 Å². The van der Waals surface area contributed by atoms with Crippen LogP contribution in [0.4, 0.5) is 0 Å². The van der Waals surface area contributed by atoms with E-state index < -0.39 is 0 Å². The number of hydrogen-bond donors (Lipinski definition) is 1. The molecule has 0 saturated heterocycles. The van der Waals surface area contributed by atoms with E-state index in [-0.39, 0.29) is 5.91 Å². The Kier molecular flexibility index (Phi) is 6.30. The number of amides is 1. The summed E-state index contributed by atoms with van der Waals surface area (Å²) in [6.07, 6.45) is 2.83. The smallest absolute Gasteiger partial charge is 0.246 e. The van der Waals surface area contributed by atoms with E-state index in [1.807, 2.05) is 46.2 Å². The number of nitrogens with one attached hydrogen (secondary N) is 1. The minimum atomic E-state index is 0.0138. The number of carbonyl (C=O) groups is 1. The molecule has 0 aliphatic rings. The minimum Gasteiger partial charge on any atom is -0.348 e. The first-order chi connectivity index (χ1) is 9.02. The second-order valence-electron chi connectivity index (χ2n) is 5.04. The van der Waals surface area contributed by atoms with Gasteiger partial charge in [0.2, 0.25) is 5.91 Å². The summed E-state index contributed by atoms with van der Waals surface area (Å²) in [6, 6.07) is 8.32. The Morgan fingerprint density at radius 2 is 2.00 bits per heavy atom. The second-order valence-corrected chi connectivity index (χ2v) is 5.04. The molecule has 3 heteroatoms. The Labute approximate surface area is 116 Å². The standard InChI is InChI=1S/C16H24N2O/c1-5-7-13(2)16(19)17-11-14-8-6-9-15(10-14)12-18(3)4/h6-10H,5,11-12H2,1-4H3,(H,17,19)/b13-7+. The lowest BCUT2D eigenvalue weighted by atomic mass is 10.1. The molecule has 1 aromatic rings. The topological polar surface area (TPSA) is 32.3 Å². The third-order valence-corrected chi connectivity index (χ3v) is 2.81. The molecule has 0 aromatic heterocycles. The summed E-state index contributed by atoms with van der Waals surface area (Å²) >= 11 is 0. The minimum absolute atomic E-state index is 0.0138. The summed E-state index contributed by atoms with van der Waals surface area (Å²) in [5.41, 5.74) is 3.18. The van der Waals surface area contributed by atoms with Crippen LogP contribution in [0.25, 0.3) is 0 Å². The maximum atomic E-state index is 11.8. The molecule has 1 aromatic carbocycles.